The van der Waals surface area contributed by atoms with Gasteiger partial charge in [0.15, 0.2) is 0 Å². The molecule has 0 unspecified atom stereocenters. The molecule has 0 heterocycles. The molecule has 5 heteroatoms. The average molecular weight is 287 g/mol. The number of carbonyl (C=O) groups excluding carboxylic acids is 1. The highest BCUT2D eigenvalue weighted by Crippen LogP contribution is 2.27. The highest BCUT2D eigenvalue weighted by molar-refractivity contribution is 9.10. The maximum Gasteiger partial charge on any atom is 0.241 e. The first kappa shape index (κ1) is 13.0. The number of benzene rings is 1. The van der Waals surface area contributed by atoms with Gasteiger partial charge in [-0.15, -0.1) is 0 Å². The van der Waals surface area contributed by atoms with Gasteiger partial charge in [0.05, 0.1) is 17.6 Å². The van der Waals surface area contributed by atoms with E-state index in [1.165, 1.54) is 0 Å². The molecule has 16 heavy (non-hydrogen) atoms. The number of ether oxygens (including phenoxy) is 1. The van der Waals surface area contributed by atoms with Gasteiger partial charge < -0.3 is 15.8 Å². The van der Waals surface area contributed by atoms with E-state index in [4.69, 9.17) is 10.5 Å². The van der Waals surface area contributed by atoms with Crippen LogP contribution in [0.3, 0.4) is 0 Å². The molecule has 4 nitrogen and oxygen atoms in total. The number of methoxy groups -OCH3 is 1. The van der Waals surface area contributed by atoms with Crippen LogP contribution >= 0.6 is 15.9 Å². The molecular weight excluding hydrogens is 272 g/mol. The van der Waals surface area contributed by atoms with Gasteiger partial charge in [-0.1, -0.05) is 6.92 Å². The van der Waals surface area contributed by atoms with Crippen molar-refractivity contribution in [3.8, 4) is 5.75 Å². The van der Waals surface area contributed by atoms with Gasteiger partial charge in [0.25, 0.3) is 0 Å². The SMILES string of the molecule is CC[C@@H](N)C(=O)Nc1ccc(Br)c(OC)c1. The van der Waals surface area contributed by atoms with E-state index in [0.29, 0.717) is 17.9 Å². The van der Waals surface area contributed by atoms with Gasteiger partial charge in [-0.05, 0) is 34.5 Å². The Hall–Kier alpha value is -1.07. The normalized spacial score (nSPS) is 12.0. The average Bonchev–Trinajstić information content (AvgIpc) is 2.30. The van der Waals surface area contributed by atoms with Gasteiger partial charge in [-0.2, -0.15) is 0 Å². The van der Waals surface area contributed by atoms with Gasteiger partial charge in [-0.3, -0.25) is 4.79 Å². The van der Waals surface area contributed by atoms with Crippen LogP contribution in [0.25, 0.3) is 0 Å². The topological polar surface area (TPSA) is 64.4 Å². The first-order valence-electron chi connectivity index (χ1n) is 4.98. The molecule has 1 atom stereocenters. The smallest absolute Gasteiger partial charge is 0.241 e. The monoisotopic (exact) mass is 286 g/mol. The van der Waals surface area contributed by atoms with Crippen LogP contribution in [-0.2, 0) is 4.79 Å². The first-order valence-corrected chi connectivity index (χ1v) is 5.77. The van der Waals surface area contributed by atoms with Crippen LogP contribution < -0.4 is 15.8 Å². The summed E-state index contributed by atoms with van der Waals surface area (Å²) < 4.78 is 5.97. The second kappa shape index (κ2) is 5.86. The second-order valence-electron chi connectivity index (χ2n) is 3.35. The van der Waals surface area contributed by atoms with E-state index in [9.17, 15) is 4.79 Å². The Balaban J connectivity index is 2.78. The Morgan fingerprint density at radius 2 is 2.31 bits per heavy atom. The summed E-state index contributed by atoms with van der Waals surface area (Å²) in [4.78, 5) is 11.5. The molecule has 0 aliphatic carbocycles. The molecule has 0 bridgehead atoms. The summed E-state index contributed by atoms with van der Waals surface area (Å²) in [6.45, 7) is 1.87. The summed E-state index contributed by atoms with van der Waals surface area (Å²) in [5.74, 6) is 0.481. The van der Waals surface area contributed by atoms with E-state index in [0.717, 1.165) is 4.47 Å². The zero-order chi connectivity index (χ0) is 12.1. The van der Waals surface area contributed by atoms with Crippen LogP contribution in [0.5, 0.6) is 5.75 Å². The Morgan fingerprint density at radius 3 is 2.88 bits per heavy atom. The van der Waals surface area contributed by atoms with Crippen LogP contribution in [0.4, 0.5) is 5.69 Å². The van der Waals surface area contributed by atoms with Crippen molar-refractivity contribution < 1.29 is 9.53 Å². The third-order valence-corrected chi connectivity index (χ3v) is 2.85. The second-order valence-corrected chi connectivity index (χ2v) is 4.21. The van der Waals surface area contributed by atoms with Crippen molar-refractivity contribution in [1.82, 2.24) is 0 Å². The Bertz CT molecular complexity index is 382. The summed E-state index contributed by atoms with van der Waals surface area (Å²) in [5.41, 5.74) is 6.29. The molecule has 1 aromatic carbocycles. The van der Waals surface area contributed by atoms with Gasteiger partial charge in [-0.25, -0.2) is 0 Å². The molecule has 0 saturated carbocycles. The number of nitrogens with one attached hydrogen (secondary N) is 1. The summed E-state index contributed by atoms with van der Waals surface area (Å²) >= 11 is 3.34. The van der Waals surface area contributed by atoms with Crippen molar-refractivity contribution in [1.29, 1.82) is 0 Å². The number of halogens is 1. The molecular formula is C11H15BrN2O2. The number of amides is 1. The maximum absolute atomic E-state index is 11.5. The van der Waals surface area contributed by atoms with Gasteiger partial charge in [0, 0.05) is 11.8 Å². The standard InChI is InChI=1S/C11H15BrN2O2/c1-3-9(13)11(15)14-7-4-5-8(12)10(6-7)16-2/h4-6,9H,3,13H2,1-2H3,(H,14,15)/t9-/m1/s1. The molecule has 0 aromatic heterocycles. The number of hydrogen-bond donors (Lipinski definition) is 2. The fraction of sp³-hybridized carbons (Fsp3) is 0.364. The predicted octanol–water partition coefficient (Wildman–Crippen LogP) is 2.13. The minimum Gasteiger partial charge on any atom is -0.495 e. The molecule has 1 rings (SSSR count). The highest BCUT2D eigenvalue weighted by Gasteiger charge is 2.11. The quantitative estimate of drug-likeness (QED) is 0.891. The van der Waals surface area contributed by atoms with Crippen LogP contribution in [0.2, 0.25) is 0 Å². The predicted molar refractivity (Wildman–Crippen MR) is 67.6 cm³/mol. The third kappa shape index (κ3) is 3.21. The van der Waals surface area contributed by atoms with Crippen molar-refractivity contribution in [2.75, 3.05) is 12.4 Å². The third-order valence-electron chi connectivity index (χ3n) is 2.20. The van der Waals surface area contributed by atoms with Crippen molar-refractivity contribution in [2.45, 2.75) is 19.4 Å². The summed E-state index contributed by atoms with van der Waals surface area (Å²) in [7, 11) is 1.57. The molecule has 0 fully saturated rings. The van der Waals surface area contributed by atoms with Gasteiger partial charge in [0.2, 0.25) is 5.91 Å². The minimum absolute atomic E-state index is 0.188. The minimum atomic E-state index is -0.477. The molecule has 0 radical (unpaired) electrons. The van der Waals surface area contributed by atoms with Crippen molar-refractivity contribution in [3.05, 3.63) is 22.7 Å². The lowest BCUT2D eigenvalue weighted by Crippen LogP contribution is -2.34. The van der Waals surface area contributed by atoms with E-state index < -0.39 is 6.04 Å². The largest absolute Gasteiger partial charge is 0.495 e. The zero-order valence-corrected chi connectivity index (χ0v) is 10.9. The molecule has 0 spiro atoms. The van der Waals surface area contributed by atoms with Crippen molar-refractivity contribution in [2.24, 2.45) is 5.73 Å². The van der Waals surface area contributed by atoms with E-state index in [2.05, 4.69) is 21.2 Å². The van der Waals surface area contributed by atoms with Gasteiger partial charge >= 0.3 is 0 Å². The Kier molecular flexibility index (Phi) is 4.76. The zero-order valence-electron chi connectivity index (χ0n) is 9.29. The van der Waals surface area contributed by atoms with Gasteiger partial charge in [0.1, 0.15) is 5.75 Å². The fourth-order valence-electron chi connectivity index (χ4n) is 1.16. The number of carbonyl (C=O) groups is 1. The number of anilines is 1. The summed E-state index contributed by atoms with van der Waals surface area (Å²) in [6, 6.07) is 4.86. The fourth-order valence-corrected chi connectivity index (χ4v) is 1.57. The molecule has 0 aliphatic rings. The molecule has 88 valence electrons. The van der Waals surface area contributed by atoms with Crippen molar-refractivity contribution in [3.63, 3.8) is 0 Å². The molecule has 0 aliphatic heterocycles. The van der Waals surface area contributed by atoms with Crippen molar-refractivity contribution >= 4 is 27.5 Å². The van der Waals surface area contributed by atoms with Crippen LogP contribution in [0.1, 0.15) is 13.3 Å². The number of rotatable bonds is 4. The molecule has 3 N–H and O–H groups in total. The molecule has 1 aromatic rings. The Labute approximate surface area is 103 Å². The van der Waals surface area contributed by atoms with Crippen LogP contribution in [-0.4, -0.2) is 19.1 Å². The van der Waals surface area contributed by atoms with E-state index >= 15 is 0 Å². The molecule has 0 saturated heterocycles. The Morgan fingerprint density at radius 1 is 1.62 bits per heavy atom. The van der Waals surface area contributed by atoms with E-state index in [-0.39, 0.29) is 5.91 Å². The molecule has 1 amide bonds. The van der Waals surface area contributed by atoms with Crippen LogP contribution in [0.15, 0.2) is 22.7 Å². The van der Waals surface area contributed by atoms with Crippen LogP contribution in [0, 0.1) is 0 Å². The highest BCUT2D eigenvalue weighted by atomic mass is 79.9. The van der Waals surface area contributed by atoms with E-state index in [1.54, 1.807) is 19.2 Å². The number of hydrogen-bond acceptors (Lipinski definition) is 3. The first-order chi connectivity index (χ1) is 7.58. The maximum atomic E-state index is 11.5. The lowest BCUT2D eigenvalue weighted by molar-refractivity contribution is -0.117. The summed E-state index contributed by atoms with van der Waals surface area (Å²) in [5, 5.41) is 2.73. The lowest BCUT2D eigenvalue weighted by atomic mass is 10.2. The van der Waals surface area contributed by atoms with E-state index in [1.807, 2.05) is 13.0 Å². The summed E-state index contributed by atoms with van der Waals surface area (Å²) in [6.07, 6.45) is 0.611. The number of nitrogens with two attached hydrogens (primary N) is 1. The lowest BCUT2D eigenvalue weighted by Gasteiger charge is -2.11.